The fourth-order valence-electron chi connectivity index (χ4n) is 3.95. The molecule has 1 fully saturated rings. The lowest BCUT2D eigenvalue weighted by atomic mass is 9.92. The fourth-order valence-corrected chi connectivity index (χ4v) is 6.01. The number of aromatic nitrogens is 2. The van der Waals surface area contributed by atoms with Gasteiger partial charge in [-0.1, -0.05) is 20.8 Å². The van der Waals surface area contributed by atoms with Crippen LogP contribution >= 0.6 is 0 Å². The van der Waals surface area contributed by atoms with Crippen molar-refractivity contribution < 1.29 is 21.8 Å². The molecule has 0 radical (unpaired) electrons. The van der Waals surface area contributed by atoms with Crippen LogP contribution in [0.4, 0.5) is 0 Å². The Kier molecular flexibility index (Phi) is 6.85. The molecule has 0 saturated carbocycles. The van der Waals surface area contributed by atoms with Crippen molar-refractivity contribution in [2.45, 2.75) is 89.8 Å². The minimum atomic E-state index is -4.00. The predicted octanol–water partition coefficient (Wildman–Crippen LogP) is 1.26. The van der Waals surface area contributed by atoms with Crippen molar-refractivity contribution in [1.29, 1.82) is 0 Å². The number of aromatic amines is 1. The van der Waals surface area contributed by atoms with E-state index in [0.717, 1.165) is 6.26 Å². The first kappa shape index (κ1) is 26.8. The lowest BCUT2D eigenvalue weighted by molar-refractivity contribution is -0.0336. The summed E-state index contributed by atoms with van der Waals surface area (Å²) in [5, 5.41) is 2.97. The molecular weight excluding hydrogens is 480 g/mol. The van der Waals surface area contributed by atoms with Crippen LogP contribution in [0.25, 0.3) is 0 Å². The van der Waals surface area contributed by atoms with E-state index in [1.54, 1.807) is 6.92 Å². The monoisotopic (exact) mass is 516 g/mol. The summed E-state index contributed by atoms with van der Waals surface area (Å²) in [6.07, 6.45) is -0.554. The molecule has 1 saturated heterocycles. The van der Waals surface area contributed by atoms with E-state index in [9.17, 15) is 18.0 Å². The number of hydrogen-bond acceptors (Lipinski definition) is 9. The van der Waals surface area contributed by atoms with Crippen molar-refractivity contribution in [3.05, 3.63) is 32.6 Å². The molecule has 0 amide bonds. The minimum Gasteiger partial charge on any atom is -0.406 e. The number of rotatable bonds is 6. The van der Waals surface area contributed by atoms with Crippen LogP contribution in [0.2, 0.25) is 18.1 Å². The number of aryl methyl sites for hydroxylation is 1. The quantitative estimate of drug-likeness (QED) is 0.425. The largest absolute Gasteiger partial charge is 0.406 e. The van der Waals surface area contributed by atoms with Crippen LogP contribution in [0.1, 0.15) is 46.4 Å². The van der Waals surface area contributed by atoms with Gasteiger partial charge in [-0.2, -0.15) is 8.42 Å². The maximum atomic E-state index is 12.8. The Morgan fingerprint density at radius 2 is 1.94 bits per heavy atom. The molecule has 11 nitrogen and oxygen atoms in total. The molecule has 3 heterocycles. The van der Waals surface area contributed by atoms with Crippen LogP contribution in [0.15, 0.2) is 20.8 Å². The molecule has 1 aromatic rings. The van der Waals surface area contributed by atoms with Gasteiger partial charge in [0.25, 0.3) is 15.7 Å². The van der Waals surface area contributed by atoms with Gasteiger partial charge in [0, 0.05) is 17.8 Å². The Hall–Kier alpha value is -1.80. The second-order valence-electron chi connectivity index (χ2n) is 10.9. The highest BCUT2D eigenvalue weighted by atomic mass is 32.2. The average Bonchev–Trinajstić information content (AvgIpc) is 3.10. The van der Waals surface area contributed by atoms with Crippen molar-refractivity contribution >= 4 is 24.3 Å². The van der Waals surface area contributed by atoms with Crippen molar-refractivity contribution in [3.63, 3.8) is 0 Å². The molecule has 0 aromatic carbocycles. The Bertz CT molecular complexity index is 1200. The van der Waals surface area contributed by atoms with Gasteiger partial charge in [0.05, 0.1) is 12.8 Å². The zero-order chi connectivity index (χ0) is 25.9. The highest BCUT2D eigenvalue weighted by molar-refractivity contribution is 7.86. The molecule has 0 bridgehead atoms. The van der Waals surface area contributed by atoms with E-state index < -0.39 is 53.7 Å². The smallest absolute Gasteiger partial charge is 0.330 e. The normalized spacial score (nSPS) is 27.7. The third-order valence-corrected chi connectivity index (χ3v) is 11.6. The van der Waals surface area contributed by atoms with E-state index in [4.69, 9.17) is 13.3 Å². The predicted molar refractivity (Wildman–Crippen MR) is 131 cm³/mol. The van der Waals surface area contributed by atoms with Gasteiger partial charge in [-0.15, -0.1) is 0 Å². The van der Waals surface area contributed by atoms with Gasteiger partial charge >= 0.3 is 5.69 Å². The first-order valence-corrected chi connectivity index (χ1v) is 16.0. The molecule has 2 aliphatic rings. The van der Waals surface area contributed by atoms with Crippen LogP contribution in [-0.2, 0) is 23.5 Å². The van der Waals surface area contributed by atoms with Crippen molar-refractivity contribution in [2.24, 2.45) is 4.99 Å². The Balaban J connectivity index is 2.27. The number of ether oxygens (including phenoxy) is 1. The molecule has 2 aliphatic heterocycles. The fraction of sp³-hybridized carbons (Fsp3) is 0.762. The number of H-pyrrole nitrogens is 1. The lowest BCUT2D eigenvalue weighted by Gasteiger charge is -2.43. The number of nitrogens with zero attached hydrogens (tertiary/aromatic N) is 2. The Morgan fingerprint density at radius 1 is 1.32 bits per heavy atom. The summed E-state index contributed by atoms with van der Waals surface area (Å²) in [6.45, 7) is 15.7. The zero-order valence-electron chi connectivity index (χ0n) is 21.3. The Labute approximate surface area is 201 Å². The van der Waals surface area contributed by atoms with Crippen LogP contribution < -0.4 is 16.6 Å². The molecule has 192 valence electrons. The van der Waals surface area contributed by atoms with E-state index in [1.165, 1.54) is 10.8 Å². The van der Waals surface area contributed by atoms with Gasteiger partial charge in [-0.05, 0) is 38.9 Å². The zero-order valence-corrected chi connectivity index (χ0v) is 23.1. The van der Waals surface area contributed by atoms with E-state index in [2.05, 4.69) is 36.1 Å². The van der Waals surface area contributed by atoms with Gasteiger partial charge in [-0.3, -0.25) is 19.3 Å². The topological polar surface area (TPSA) is 141 Å². The summed E-state index contributed by atoms with van der Waals surface area (Å²) in [4.78, 5) is 31.6. The third kappa shape index (κ3) is 4.80. The number of nitrogens with one attached hydrogen (secondary N) is 2. The molecule has 1 aromatic heterocycles. The summed E-state index contributed by atoms with van der Waals surface area (Å²) < 4.78 is 45.2. The third-order valence-electron chi connectivity index (χ3n) is 6.61. The minimum absolute atomic E-state index is 0.0804. The molecular formula is C21H36N4O7SSi. The van der Waals surface area contributed by atoms with E-state index >= 15 is 0 Å². The van der Waals surface area contributed by atoms with Crippen LogP contribution in [0.5, 0.6) is 0 Å². The second kappa shape index (κ2) is 8.70. The summed E-state index contributed by atoms with van der Waals surface area (Å²) in [6, 6.07) is -0.0804. The summed E-state index contributed by atoms with van der Waals surface area (Å²) in [7, 11) is -6.57. The van der Waals surface area contributed by atoms with E-state index in [1.807, 2.05) is 26.9 Å². The van der Waals surface area contributed by atoms with E-state index in [0.29, 0.717) is 11.4 Å². The number of fused-ring (bicyclic) bond motifs is 1. The van der Waals surface area contributed by atoms with Crippen molar-refractivity contribution in [3.8, 4) is 0 Å². The van der Waals surface area contributed by atoms with Crippen LogP contribution in [0.3, 0.4) is 0 Å². The van der Waals surface area contributed by atoms with Crippen molar-refractivity contribution in [1.82, 2.24) is 14.9 Å². The first-order chi connectivity index (χ1) is 15.4. The van der Waals surface area contributed by atoms with Gasteiger partial charge in [0.15, 0.2) is 14.5 Å². The summed E-state index contributed by atoms with van der Waals surface area (Å²) in [5.74, 6) is 0.304. The summed E-state index contributed by atoms with van der Waals surface area (Å²) >= 11 is 0. The highest BCUT2D eigenvalue weighted by Crippen LogP contribution is 2.49. The molecule has 2 N–H and O–H groups in total. The van der Waals surface area contributed by atoms with Crippen molar-refractivity contribution in [2.75, 3.05) is 12.8 Å². The van der Waals surface area contributed by atoms with Crippen LogP contribution in [0, 0.1) is 6.92 Å². The molecule has 4 atom stereocenters. The number of aliphatic imine (C=N–C) groups is 1. The van der Waals surface area contributed by atoms with E-state index in [-0.39, 0.29) is 17.6 Å². The van der Waals surface area contributed by atoms with Gasteiger partial charge in [0.1, 0.15) is 18.0 Å². The van der Waals surface area contributed by atoms with Crippen LogP contribution in [-0.4, -0.2) is 68.8 Å². The van der Waals surface area contributed by atoms with Gasteiger partial charge < -0.3 is 14.5 Å². The summed E-state index contributed by atoms with van der Waals surface area (Å²) in [5.41, 5.74) is -2.51. The maximum absolute atomic E-state index is 12.8. The molecule has 34 heavy (non-hydrogen) atoms. The highest BCUT2D eigenvalue weighted by Gasteiger charge is 2.68. The second-order valence-corrected chi connectivity index (χ2v) is 17.2. The molecule has 3 rings (SSSR count). The first-order valence-electron chi connectivity index (χ1n) is 11.3. The number of hydrogen-bond donors (Lipinski definition) is 2. The SMILES string of the molecule is Cc1cn([C@@H]2O[C@@H]3CN=C(NC(C)C)[C@]3(OS(C)(=O)=O)[C@H]2O[Si](C)(C)C(C)(C)C)c(=O)[nH]c1=O. The standard InChI is InChI=1S/C21H36N4O7SSi/c1-12(2)23-18-21(32-33(7,28)29)14(10-22-18)30-17(15(21)31-34(8,9)20(4,5)6)25-11-13(3)16(26)24-19(25)27/h11-12,14-15,17H,10H2,1-9H3,(H,22,23)(H,24,26,27)/t14-,15+,17-,21-/m1/s1. The molecule has 0 unspecified atom stereocenters. The maximum Gasteiger partial charge on any atom is 0.330 e. The number of amidine groups is 1. The molecule has 0 spiro atoms. The van der Waals surface area contributed by atoms with Gasteiger partial charge in [-0.25, -0.2) is 8.98 Å². The molecule has 0 aliphatic carbocycles. The van der Waals surface area contributed by atoms with Gasteiger partial charge in [0.2, 0.25) is 5.60 Å². The lowest BCUT2D eigenvalue weighted by Crippen LogP contribution is -2.63. The average molecular weight is 517 g/mol. The molecule has 13 heteroatoms. The Morgan fingerprint density at radius 3 is 2.47 bits per heavy atom.